The first kappa shape index (κ1) is 18.6. The number of ether oxygens (including phenoxy) is 2. The van der Waals surface area contributed by atoms with Gasteiger partial charge in [0.15, 0.2) is 0 Å². The Hall–Kier alpha value is -2.19. The number of carbonyl (C=O) groups excluding carboxylic acids is 2. The summed E-state index contributed by atoms with van der Waals surface area (Å²) in [5.41, 5.74) is -0.651. The predicted molar refractivity (Wildman–Crippen MR) is 93.9 cm³/mol. The number of nitrogens with one attached hydrogen (secondary N) is 1. The lowest BCUT2D eigenvalue weighted by molar-refractivity contribution is -0.138. The second-order valence-corrected chi connectivity index (χ2v) is 6.84. The molecule has 0 aromatic carbocycles. The Kier molecular flexibility index (Phi) is 5.43. The molecule has 26 heavy (non-hydrogen) atoms. The van der Waals surface area contributed by atoms with E-state index in [1.54, 1.807) is 31.2 Å². The van der Waals surface area contributed by atoms with Crippen molar-refractivity contribution in [2.45, 2.75) is 18.9 Å². The number of hydrogen-bond donors (Lipinski definition) is 1. The van der Waals surface area contributed by atoms with Crippen molar-refractivity contribution in [1.82, 2.24) is 14.8 Å². The number of carbonyl (C=O) groups is 2. The summed E-state index contributed by atoms with van der Waals surface area (Å²) in [4.78, 5) is 39.3. The van der Waals surface area contributed by atoms with Crippen molar-refractivity contribution in [1.29, 1.82) is 0 Å². The van der Waals surface area contributed by atoms with Gasteiger partial charge in [0.05, 0.1) is 18.1 Å². The molecule has 0 saturated carbocycles. The minimum absolute atomic E-state index is 0.100. The second-order valence-electron chi connectivity index (χ2n) is 6.84. The van der Waals surface area contributed by atoms with Gasteiger partial charge in [0.25, 0.3) is 11.5 Å². The van der Waals surface area contributed by atoms with E-state index in [0.717, 1.165) is 0 Å². The van der Waals surface area contributed by atoms with E-state index >= 15 is 0 Å². The number of aromatic nitrogens is 1. The van der Waals surface area contributed by atoms with Crippen LogP contribution in [0.15, 0.2) is 23.0 Å². The van der Waals surface area contributed by atoms with Crippen molar-refractivity contribution in [2.75, 3.05) is 40.0 Å². The number of piperidine rings is 1. The lowest BCUT2D eigenvalue weighted by Gasteiger charge is -2.42. The minimum Gasteiger partial charge on any atom is -0.383 e. The molecule has 0 unspecified atom stereocenters. The van der Waals surface area contributed by atoms with Crippen LogP contribution in [0.3, 0.4) is 0 Å². The summed E-state index contributed by atoms with van der Waals surface area (Å²) in [6.45, 7) is 2.15. The number of rotatable bonds is 5. The van der Waals surface area contributed by atoms with E-state index in [1.165, 1.54) is 10.6 Å². The lowest BCUT2D eigenvalue weighted by Crippen LogP contribution is -2.58. The SMILES string of the molecule is COCCNC(=O)[C@@]12CCO[C@@H]1CCN(C(=O)c1cccc(=O)n1C)C2. The molecule has 8 nitrogen and oxygen atoms in total. The molecule has 142 valence electrons. The number of amides is 2. The Labute approximate surface area is 152 Å². The highest BCUT2D eigenvalue weighted by Gasteiger charge is 2.54. The van der Waals surface area contributed by atoms with Crippen LogP contribution >= 0.6 is 0 Å². The van der Waals surface area contributed by atoms with E-state index in [0.29, 0.717) is 51.4 Å². The molecule has 2 saturated heterocycles. The monoisotopic (exact) mass is 363 g/mol. The molecule has 3 heterocycles. The fraction of sp³-hybridized carbons (Fsp3) is 0.611. The zero-order valence-corrected chi connectivity index (χ0v) is 15.2. The first-order valence-electron chi connectivity index (χ1n) is 8.84. The number of likely N-dealkylation sites (tertiary alicyclic amines) is 1. The van der Waals surface area contributed by atoms with Crippen LogP contribution in [0.25, 0.3) is 0 Å². The van der Waals surface area contributed by atoms with Crippen LogP contribution < -0.4 is 10.9 Å². The van der Waals surface area contributed by atoms with Gasteiger partial charge in [-0.1, -0.05) is 6.07 Å². The Morgan fingerprint density at radius 2 is 2.23 bits per heavy atom. The summed E-state index contributed by atoms with van der Waals surface area (Å²) in [6, 6.07) is 4.62. The average Bonchev–Trinajstić information content (AvgIpc) is 3.08. The molecule has 0 radical (unpaired) electrons. The first-order valence-corrected chi connectivity index (χ1v) is 8.84. The number of fused-ring (bicyclic) bond motifs is 1. The van der Waals surface area contributed by atoms with Crippen molar-refractivity contribution in [3.05, 3.63) is 34.2 Å². The van der Waals surface area contributed by atoms with Crippen LogP contribution in [0.4, 0.5) is 0 Å². The standard InChI is InChI=1S/C18H25N3O5/c1-20-13(4-3-5-15(20)22)16(23)21-9-6-14-18(12-21,7-10-26-14)17(24)19-8-11-25-2/h3-5,14H,6-12H2,1-2H3,(H,19,24)/t14-,18-/m1/s1. The van der Waals surface area contributed by atoms with Gasteiger partial charge >= 0.3 is 0 Å². The van der Waals surface area contributed by atoms with Crippen LogP contribution in [0.1, 0.15) is 23.3 Å². The molecule has 2 aliphatic rings. The summed E-state index contributed by atoms with van der Waals surface area (Å²) in [6.07, 6.45) is 0.992. The fourth-order valence-corrected chi connectivity index (χ4v) is 3.83. The molecule has 2 atom stereocenters. The molecular formula is C18H25N3O5. The van der Waals surface area contributed by atoms with Gasteiger partial charge in [-0.3, -0.25) is 14.4 Å². The van der Waals surface area contributed by atoms with Crippen LogP contribution in [0.2, 0.25) is 0 Å². The Balaban J connectivity index is 1.81. The zero-order chi connectivity index (χ0) is 18.7. The van der Waals surface area contributed by atoms with Gasteiger partial charge in [0, 0.05) is 46.5 Å². The van der Waals surface area contributed by atoms with Gasteiger partial charge in [0.1, 0.15) is 5.69 Å². The van der Waals surface area contributed by atoms with E-state index in [9.17, 15) is 14.4 Å². The summed E-state index contributed by atoms with van der Waals surface area (Å²) >= 11 is 0. The van der Waals surface area contributed by atoms with Gasteiger partial charge in [-0.15, -0.1) is 0 Å². The first-order chi connectivity index (χ1) is 12.5. The predicted octanol–water partition coefficient (Wildman–Crippen LogP) is -0.231. The van der Waals surface area contributed by atoms with Crippen molar-refractivity contribution < 1.29 is 19.1 Å². The molecule has 1 N–H and O–H groups in total. The van der Waals surface area contributed by atoms with Gasteiger partial charge in [-0.05, 0) is 18.9 Å². The summed E-state index contributed by atoms with van der Waals surface area (Å²) in [7, 11) is 3.16. The third-order valence-corrected chi connectivity index (χ3v) is 5.35. The van der Waals surface area contributed by atoms with Gasteiger partial charge in [-0.25, -0.2) is 0 Å². The quantitative estimate of drug-likeness (QED) is 0.730. The maximum absolute atomic E-state index is 13.0. The van der Waals surface area contributed by atoms with E-state index < -0.39 is 5.41 Å². The smallest absolute Gasteiger partial charge is 0.270 e. The number of pyridine rings is 1. The Morgan fingerprint density at radius 1 is 1.42 bits per heavy atom. The second kappa shape index (κ2) is 7.59. The van der Waals surface area contributed by atoms with Gasteiger partial charge in [0.2, 0.25) is 5.91 Å². The molecule has 2 aliphatic heterocycles. The van der Waals surface area contributed by atoms with Crippen molar-refractivity contribution in [2.24, 2.45) is 12.5 Å². The molecular weight excluding hydrogens is 338 g/mol. The molecule has 1 aromatic rings. The average molecular weight is 363 g/mol. The molecule has 0 aliphatic carbocycles. The molecule has 2 amide bonds. The maximum atomic E-state index is 13.0. The van der Waals surface area contributed by atoms with E-state index in [4.69, 9.17) is 9.47 Å². The van der Waals surface area contributed by atoms with Crippen molar-refractivity contribution in [3.63, 3.8) is 0 Å². The highest BCUT2D eigenvalue weighted by molar-refractivity contribution is 5.93. The molecule has 3 rings (SSSR count). The zero-order valence-electron chi connectivity index (χ0n) is 15.2. The molecule has 1 aromatic heterocycles. The summed E-state index contributed by atoms with van der Waals surface area (Å²) in [5, 5.41) is 2.90. The number of methoxy groups -OCH3 is 1. The number of nitrogens with zero attached hydrogens (tertiary/aromatic N) is 2. The summed E-state index contributed by atoms with van der Waals surface area (Å²) < 4.78 is 12.1. The lowest BCUT2D eigenvalue weighted by atomic mass is 9.75. The van der Waals surface area contributed by atoms with Crippen LogP contribution in [-0.2, 0) is 21.3 Å². The third-order valence-electron chi connectivity index (χ3n) is 5.35. The Bertz CT molecular complexity index is 747. The normalized spacial score (nSPS) is 25.0. The molecule has 8 heteroatoms. The Morgan fingerprint density at radius 3 is 3.00 bits per heavy atom. The molecule has 0 bridgehead atoms. The molecule has 2 fully saturated rings. The third kappa shape index (κ3) is 3.26. The van der Waals surface area contributed by atoms with E-state index in [-0.39, 0.29) is 23.5 Å². The highest BCUT2D eigenvalue weighted by Crippen LogP contribution is 2.41. The molecule has 0 spiro atoms. The highest BCUT2D eigenvalue weighted by atomic mass is 16.5. The van der Waals surface area contributed by atoms with Crippen molar-refractivity contribution in [3.8, 4) is 0 Å². The van der Waals surface area contributed by atoms with Crippen LogP contribution in [0.5, 0.6) is 0 Å². The van der Waals surface area contributed by atoms with Gasteiger partial charge < -0.3 is 24.3 Å². The van der Waals surface area contributed by atoms with E-state index in [1.807, 2.05) is 0 Å². The maximum Gasteiger partial charge on any atom is 0.270 e. The fourth-order valence-electron chi connectivity index (χ4n) is 3.83. The van der Waals surface area contributed by atoms with E-state index in [2.05, 4.69) is 5.32 Å². The van der Waals surface area contributed by atoms with Crippen LogP contribution in [-0.4, -0.2) is 67.3 Å². The van der Waals surface area contributed by atoms with Gasteiger partial charge in [-0.2, -0.15) is 0 Å². The minimum atomic E-state index is -0.741. The van der Waals surface area contributed by atoms with Crippen LogP contribution in [0, 0.1) is 5.41 Å². The topological polar surface area (TPSA) is 89.9 Å². The summed E-state index contributed by atoms with van der Waals surface area (Å²) in [5.74, 6) is -0.337. The number of hydrogen-bond acceptors (Lipinski definition) is 5. The largest absolute Gasteiger partial charge is 0.383 e. The van der Waals surface area contributed by atoms with Crippen molar-refractivity contribution >= 4 is 11.8 Å².